The maximum atomic E-state index is 13.7. The van der Waals surface area contributed by atoms with E-state index in [0.29, 0.717) is 0 Å². The molecule has 2 rings (SSSR count). The lowest BCUT2D eigenvalue weighted by atomic mass is 10.1. The van der Waals surface area contributed by atoms with Gasteiger partial charge in [-0.3, -0.25) is 4.79 Å². The number of nitrogens with one attached hydrogen (secondary N) is 1. The van der Waals surface area contributed by atoms with Gasteiger partial charge in [0.2, 0.25) is 0 Å². The second kappa shape index (κ2) is 5.83. The molecule has 0 aliphatic rings. The minimum atomic E-state index is -1.19. The highest BCUT2D eigenvalue weighted by molar-refractivity contribution is 6.35. The Kier molecular flexibility index (Phi) is 4.29. The second-order valence-electron chi connectivity index (χ2n) is 4.03. The number of anilines is 2. The highest BCUT2D eigenvalue weighted by atomic mass is 35.5. The van der Waals surface area contributed by atoms with E-state index in [-0.39, 0.29) is 21.4 Å². The highest BCUT2D eigenvalue weighted by Crippen LogP contribution is 2.28. The fourth-order valence-electron chi connectivity index (χ4n) is 1.60. The normalized spacial score (nSPS) is 10.5. The van der Waals surface area contributed by atoms with Crippen molar-refractivity contribution >= 4 is 40.5 Å². The average molecular weight is 335 g/mol. The zero-order valence-corrected chi connectivity index (χ0v) is 11.7. The van der Waals surface area contributed by atoms with Gasteiger partial charge in [-0.1, -0.05) is 23.2 Å². The van der Waals surface area contributed by atoms with E-state index in [4.69, 9.17) is 28.9 Å². The maximum absolute atomic E-state index is 13.7. The number of carbonyl (C=O) groups excluding carboxylic acids is 1. The van der Waals surface area contributed by atoms with Gasteiger partial charge in [0.25, 0.3) is 5.91 Å². The Bertz CT molecular complexity index is 715. The lowest BCUT2D eigenvalue weighted by Crippen LogP contribution is -2.17. The SMILES string of the molecule is Nc1ccc(F)c(C(=O)Nc2cc(Cl)c(F)c(Cl)c2)c1F. The van der Waals surface area contributed by atoms with Gasteiger partial charge in [0.15, 0.2) is 11.6 Å². The van der Waals surface area contributed by atoms with Crippen LogP contribution >= 0.6 is 23.2 Å². The van der Waals surface area contributed by atoms with Crippen LogP contribution in [0, 0.1) is 17.5 Å². The van der Waals surface area contributed by atoms with Crippen molar-refractivity contribution < 1.29 is 18.0 Å². The molecule has 8 heteroatoms. The third-order valence-electron chi connectivity index (χ3n) is 2.59. The molecule has 2 aromatic rings. The van der Waals surface area contributed by atoms with Gasteiger partial charge in [-0.05, 0) is 24.3 Å². The zero-order chi connectivity index (χ0) is 15.7. The minimum absolute atomic E-state index is 0.0161. The first-order valence-electron chi connectivity index (χ1n) is 5.50. The number of nitrogen functional groups attached to an aromatic ring is 1. The number of hydrogen-bond donors (Lipinski definition) is 2. The van der Waals surface area contributed by atoms with Crippen LogP contribution in [-0.4, -0.2) is 5.91 Å². The smallest absolute Gasteiger partial charge is 0.261 e. The summed E-state index contributed by atoms with van der Waals surface area (Å²) in [6.07, 6.45) is 0. The molecule has 0 radical (unpaired) electrons. The van der Waals surface area contributed by atoms with Crippen molar-refractivity contribution in [2.24, 2.45) is 0 Å². The Labute approximate surface area is 127 Å². The van der Waals surface area contributed by atoms with Crippen LogP contribution in [0.5, 0.6) is 0 Å². The predicted molar refractivity (Wildman–Crippen MR) is 75.1 cm³/mol. The van der Waals surface area contributed by atoms with E-state index in [1.54, 1.807) is 0 Å². The molecular formula is C13H7Cl2F3N2O. The van der Waals surface area contributed by atoms with Crippen molar-refractivity contribution in [3.8, 4) is 0 Å². The van der Waals surface area contributed by atoms with Crippen LogP contribution in [0.1, 0.15) is 10.4 Å². The minimum Gasteiger partial charge on any atom is -0.396 e. The summed E-state index contributed by atoms with van der Waals surface area (Å²) >= 11 is 11.1. The lowest BCUT2D eigenvalue weighted by molar-refractivity contribution is 0.101. The molecule has 0 heterocycles. The standard InChI is InChI=1S/C13H7Cl2F3N2O/c14-6-3-5(4-7(15)11(6)17)20-13(21)10-8(16)1-2-9(19)12(10)18/h1-4H,19H2,(H,20,21). The summed E-state index contributed by atoms with van der Waals surface area (Å²) in [7, 11) is 0. The Morgan fingerprint density at radius 2 is 1.62 bits per heavy atom. The Morgan fingerprint density at radius 1 is 1.05 bits per heavy atom. The molecule has 0 aliphatic carbocycles. The molecule has 0 saturated carbocycles. The fourth-order valence-corrected chi connectivity index (χ4v) is 2.09. The molecule has 0 spiro atoms. The molecule has 0 bridgehead atoms. The van der Waals surface area contributed by atoms with Crippen LogP contribution < -0.4 is 11.1 Å². The van der Waals surface area contributed by atoms with E-state index >= 15 is 0 Å². The molecule has 0 saturated heterocycles. The molecule has 0 fully saturated rings. The third kappa shape index (κ3) is 3.06. The summed E-state index contributed by atoms with van der Waals surface area (Å²) in [5.41, 5.74) is 4.03. The van der Waals surface area contributed by atoms with E-state index in [0.717, 1.165) is 24.3 Å². The number of carbonyl (C=O) groups is 1. The predicted octanol–water partition coefficient (Wildman–Crippen LogP) is 4.25. The number of amides is 1. The first-order chi connectivity index (χ1) is 9.81. The van der Waals surface area contributed by atoms with Crippen molar-refractivity contribution in [1.82, 2.24) is 0 Å². The van der Waals surface area contributed by atoms with Crippen molar-refractivity contribution in [3.63, 3.8) is 0 Å². The van der Waals surface area contributed by atoms with Crippen molar-refractivity contribution in [1.29, 1.82) is 0 Å². The molecule has 0 aliphatic heterocycles. The van der Waals surface area contributed by atoms with Crippen LogP contribution in [0.4, 0.5) is 24.5 Å². The Morgan fingerprint density at radius 3 is 2.19 bits per heavy atom. The molecule has 0 aromatic heterocycles. The average Bonchev–Trinajstić information content (AvgIpc) is 2.40. The largest absolute Gasteiger partial charge is 0.396 e. The molecule has 2 aromatic carbocycles. The van der Waals surface area contributed by atoms with Crippen LogP contribution in [0.3, 0.4) is 0 Å². The van der Waals surface area contributed by atoms with Crippen LogP contribution in [0.2, 0.25) is 10.0 Å². The van der Waals surface area contributed by atoms with Crippen LogP contribution in [-0.2, 0) is 0 Å². The number of nitrogens with two attached hydrogens (primary N) is 1. The molecule has 1 amide bonds. The summed E-state index contributed by atoms with van der Waals surface area (Å²) in [6.45, 7) is 0. The number of rotatable bonds is 2. The lowest BCUT2D eigenvalue weighted by Gasteiger charge is -2.09. The van der Waals surface area contributed by atoms with Crippen molar-refractivity contribution in [2.45, 2.75) is 0 Å². The first-order valence-corrected chi connectivity index (χ1v) is 6.26. The number of halogens is 5. The topological polar surface area (TPSA) is 55.1 Å². The summed E-state index contributed by atoms with van der Waals surface area (Å²) in [4.78, 5) is 11.9. The third-order valence-corrected chi connectivity index (χ3v) is 3.14. The molecule has 3 nitrogen and oxygen atoms in total. The number of hydrogen-bond acceptors (Lipinski definition) is 2. The highest BCUT2D eigenvalue weighted by Gasteiger charge is 2.20. The van der Waals surface area contributed by atoms with E-state index in [2.05, 4.69) is 5.32 Å². The summed E-state index contributed by atoms with van der Waals surface area (Å²) in [5.74, 6) is -4.24. The van der Waals surface area contributed by atoms with Crippen LogP contribution in [0.15, 0.2) is 24.3 Å². The van der Waals surface area contributed by atoms with Gasteiger partial charge in [0, 0.05) is 5.69 Å². The van der Waals surface area contributed by atoms with Crippen molar-refractivity contribution in [2.75, 3.05) is 11.1 Å². The Balaban J connectivity index is 2.37. The Hall–Kier alpha value is -1.92. The van der Waals surface area contributed by atoms with Crippen LogP contribution in [0.25, 0.3) is 0 Å². The second-order valence-corrected chi connectivity index (χ2v) is 4.85. The van der Waals surface area contributed by atoms with E-state index in [1.807, 2.05) is 0 Å². The van der Waals surface area contributed by atoms with Gasteiger partial charge < -0.3 is 11.1 Å². The molecule has 0 atom stereocenters. The van der Waals surface area contributed by atoms with Gasteiger partial charge in [0.1, 0.15) is 11.4 Å². The monoisotopic (exact) mass is 334 g/mol. The quantitative estimate of drug-likeness (QED) is 0.637. The summed E-state index contributed by atoms with van der Waals surface area (Å²) < 4.78 is 40.5. The van der Waals surface area contributed by atoms with E-state index in [9.17, 15) is 18.0 Å². The first kappa shape index (κ1) is 15.5. The van der Waals surface area contributed by atoms with E-state index < -0.39 is 28.9 Å². The van der Waals surface area contributed by atoms with Gasteiger partial charge in [-0.15, -0.1) is 0 Å². The van der Waals surface area contributed by atoms with Crippen molar-refractivity contribution in [3.05, 3.63) is 57.3 Å². The molecule has 21 heavy (non-hydrogen) atoms. The zero-order valence-electron chi connectivity index (χ0n) is 10.2. The summed E-state index contributed by atoms with van der Waals surface area (Å²) in [6, 6.07) is 3.97. The van der Waals surface area contributed by atoms with Gasteiger partial charge in [-0.25, -0.2) is 13.2 Å². The van der Waals surface area contributed by atoms with Gasteiger partial charge in [-0.2, -0.15) is 0 Å². The molecule has 110 valence electrons. The summed E-state index contributed by atoms with van der Waals surface area (Å²) in [5, 5.41) is 1.48. The van der Waals surface area contributed by atoms with Gasteiger partial charge in [0.05, 0.1) is 15.7 Å². The molecular weight excluding hydrogens is 328 g/mol. The fraction of sp³-hybridized carbons (Fsp3) is 0. The maximum Gasteiger partial charge on any atom is 0.261 e. The number of benzene rings is 2. The molecule has 3 N–H and O–H groups in total. The van der Waals surface area contributed by atoms with E-state index in [1.165, 1.54) is 0 Å². The van der Waals surface area contributed by atoms with Gasteiger partial charge >= 0.3 is 0 Å². The molecule has 0 unspecified atom stereocenters.